The molecule has 0 radical (unpaired) electrons. The summed E-state index contributed by atoms with van der Waals surface area (Å²) in [5.74, 6) is 0.0785. The van der Waals surface area contributed by atoms with Crippen LogP contribution in [0, 0.1) is 6.92 Å². The van der Waals surface area contributed by atoms with E-state index in [1.54, 1.807) is 11.7 Å². The van der Waals surface area contributed by atoms with Crippen LogP contribution < -0.4 is 0 Å². The van der Waals surface area contributed by atoms with Crippen molar-refractivity contribution in [2.75, 3.05) is 6.61 Å². The Labute approximate surface area is 118 Å². The molecule has 1 aromatic carbocycles. The summed E-state index contributed by atoms with van der Waals surface area (Å²) in [6.45, 7) is 2.57. The molecule has 3 rings (SSSR count). The SMILES string of the molecule is Cc1cc(C(=O)CC2OCCc3ccccc32)n(C)n1. The average molecular weight is 270 g/mol. The number of carbonyl (C=O) groups is 1. The third-order valence-electron chi connectivity index (χ3n) is 3.75. The van der Waals surface area contributed by atoms with Gasteiger partial charge in [-0.25, -0.2) is 0 Å². The summed E-state index contributed by atoms with van der Waals surface area (Å²) in [7, 11) is 1.80. The zero-order chi connectivity index (χ0) is 14.1. The molecule has 4 heteroatoms. The van der Waals surface area contributed by atoms with Crippen molar-refractivity contribution in [2.24, 2.45) is 7.05 Å². The number of fused-ring (bicyclic) bond motifs is 1. The van der Waals surface area contributed by atoms with Crippen molar-refractivity contribution in [2.45, 2.75) is 25.9 Å². The maximum atomic E-state index is 12.4. The van der Waals surface area contributed by atoms with Gasteiger partial charge in [-0.3, -0.25) is 9.48 Å². The third kappa shape index (κ3) is 2.39. The first-order valence-electron chi connectivity index (χ1n) is 6.88. The fraction of sp³-hybridized carbons (Fsp3) is 0.375. The van der Waals surface area contributed by atoms with Gasteiger partial charge in [-0.1, -0.05) is 24.3 Å². The molecule has 1 aliphatic heterocycles. The Kier molecular flexibility index (Phi) is 3.40. The van der Waals surface area contributed by atoms with E-state index in [1.165, 1.54) is 5.56 Å². The summed E-state index contributed by atoms with van der Waals surface area (Å²) >= 11 is 0. The van der Waals surface area contributed by atoms with E-state index in [9.17, 15) is 4.79 Å². The second kappa shape index (κ2) is 5.21. The fourth-order valence-corrected chi connectivity index (χ4v) is 2.79. The smallest absolute Gasteiger partial charge is 0.183 e. The van der Waals surface area contributed by atoms with Crippen molar-refractivity contribution >= 4 is 5.78 Å². The summed E-state index contributed by atoms with van der Waals surface area (Å²) < 4.78 is 7.44. The minimum Gasteiger partial charge on any atom is -0.373 e. The maximum absolute atomic E-state index is 12.4. The van der Waals surface area contributed by atoms with Crippen molar-refractivity contribution in [3.8, 4) is 0 Å². The molecule has 1 aliphatic rings. The van der Waals surface area contributed by atoms with E-state index in [4.69, 9.17) is 4.74 Å². The summed E-state index contributed by atoms with van der Waals surface area (Å²) in [5, 5.41) is 4.22. The number of ether oxygens (including phenoxy) is 1. The number of nitrogens with zero attached hydrogens (tertiary/aromatic N) is 2. The van der Waals surface area contributed by atoms with Crippen LogP contribution in [0.4, 0.5) is 0 Å². The molecule has 0 fully saturated rings. The largest absolute Gasteiger partial charge is 0.373 e. The third-order valence-corrected chi connectivity index (χ3v) is 3.75. The van der Waals surface area contributed by atoms with E-state index in [1.807, 2.05) is 25.1 Å². The summed E-state index contributed by atoms with van der Waals surface area (Å²) in [4.78, 5) is 12.4. The van der Waals surface area contributed by atoms with Crippen LogP contribution in [0.1, 0.15) is 39.8 Å². The normalized spacial score (nSPS) is 17.8. The zero-order valence-electron chi connectivity index (χ0n) is 11.8. The molecule has 1 aromatic heterocycles. The van der Waals surface area contributed by atoms with E-state index >= 15 is 0 Å². The van der Waals surface area contributed by atoms with Crippen molar-refractivity contribution in [1.82, 2.24) is 9.78 Å². The number of ketones is 1. The highest BCUT2D eigenvalue weighted by molar-refractivity contribution is 5.95. The molecule has 0 N–H and O–H groups in total. The Hall–Kier alpha value is -1.94. The van der Waals surface area contributed by atoms with Crippen LogP contribution in [0.15, 0.2) is 30.3 Å². The van der Waals surface area contributed by atoms with E-state index in [2.05, 4.69) is 17.2 Å². The fourth-order valence-electron chi connectivity index (χ4n) is 2.79. The van der Waals surface area contributed by atoms with Gasteiger partial charge >= 0.3 is 0 Å². The first kappa shape index (κ1) is 13.1. The van der Waals surface area contributed by atoms with E-state index in [0.29, 0.717) is 18.7 Å². The van der Waals surface area contributed by atoms with Gasteiger partial charge in [0, 0.05) is 13.5 Å². The molecule has 20 heavy (non-hydrogen) atoms. The molecule has 0 bridgehead atoms. The van der Waals surface area contributed by atoms with Gasteiger partial charge in [0.1, 0.15) is 5.69 Å². The van der Waals surface area contributed by atoms with Crippen LogP contribution in [0.2, 0.25) is 0 Å². The van der Waals surface area contributed by atoms with Crippen molar-refractivity contribution < 1.29 is 9.53 Å². The average Bonchev–Trinajstić information content (AvgIpc) is 2.78. The lowest BCUT2D eigenvalue weighted by Crippen LogP contribution is -2.20. The van der Waals surface area contributed by atoms with Gasteiger partial charge in [0.05, 0.1) is 18.4 Å². The standard InChI is InChI=1S/C16H18N2O2/c1-11-9-14(18(2)17-11)15(19)10-16-13-6-4-3-5-12(13)7-8-20-16/h3-6,9,16H,7-8,10H2,1-2H3. The highest BCUT2D eigenvalue weighted by Crippen LogP contribution is 2.30. The number of hydrogen-bond donors (Lipinski definition) is 0. The van der Waals surface area contributed by atoms with Gasteiger partial charge in [-0.05, 0) is 30.5 Å². The minimum atomic E-state index is -0.136. The lowest BCUT2D eigenvalue weighted by atomic mass is 9.94. The molecule has 0 amide bonds. The Balaban J connectivity index is 1.82. The molecule has 0 saturated carbocycles. The van der Waals surface area contributed by atoms with Crippen LogP contribution >= 0.6 is 0 Å². The second-order valence-corrected chi connectivity index (χ2v) is 5.23. The van der Waals surface area contributed by atoms with E-state index < -0.39 is 0 Å². The molecule has 1 unspecified atom stereocenters. The summed E-state index contributed by atoms with van der Waals surface area (Å²) in [6.07, 6.45) is 1.16. The number of benzene rings is 1. The van der Waals surface area contributed by atoms with Gasteiger partial charge in [-0.2, -0.15) is 5.10 Å². The predicted octanol–water partition coefficient (Wildman–Crippen LogP) is 2.62. The second-order valence-electron chi connectivity index (χ2n) is 5.23. The number of Topliss-reactive ketones (excluding diaryl/α,β-unsaturated/α-hetero) is 1. The lowest BCUT2D eigenvalue weighted by Gasteiger charge is -2.25. The molecule has 1 atom stereocenters. The predicted molar refractivity (Wildman–Crippen MR) is 75.7 cm³/mol. The molecular formula is C16H18N2O2. The van der Waals surface area contributed by atoms with Gasteiger partial charge in [0.25, 0.3) is 0 Å². The van der Waals surface area contributed by atoms with Gasteiger partial charge in [0.15, 0.2) is 5.78 Å². The first-order valence-corrected chi connectivity index (χ1v) is 6.88. The van der Waals surface area contributed by atoms with E-state index in [-0.39, 0.29) is 11.9 Å². The van der Waals surface area contributed by atoms with Gasteiger partial charge in [0.2, 0.25) is 0 Å². The van der Waals surface area contributed by atoms with Crippen LogP contribution in [0.5, 0.6) is 0 Å². The molecule has 2 aromatic rings. The van der Waals surface area contributed by atoms with Crippen LogP contribution in [0.25, 0.3) is 0 Å². The highest BCUT2D eigenvalue weighted by Gasteiger charge is 2.24. The van der Waals surface area contributed by atoms with Crippen LogP contribution in [-0.2, 0) is 18.2 Å². The van der Waals surface area contributed by atoms with Gasteiger partial charge < -0.3 is 4.74 Å². The molecular weight excluding hydrogens is 252 g/mol. The van der Waals surface area contributed by atoms with Crippen LogP contribution in [0.3, 0.4) is 0 Å². The zero-order valence-corrected chi connectivity index (χ0v) is 11.8. The maximum Gasteiger partial charge on any atom is 0.183 e. The molecule has 0 spiro atoms. The topological polar surface area (TPSA) is 44.1 Å². The Morgan fingerprint density at radius 3 is 3.00 bits per heavy atom. The molecule has 2 heterocycles. The molecule has 0 aliphatic carbocycles. The van der Waals surface area contributed by atoms with E-state index in [0.717, 1.165) is 17.7 Å². The number of aromatic nitrogens is 2. The van der Waals surface area contributed by atoms with Crippen LogP contribution in [-0.4, -0.2) is 22.2 Å². The van der Waals surface area contributed by atoms with Gasteiger partial charge in [-0.15, -0.1) is 0 Å². The molecule has 4 nitrogen and oxygen atoms in total. The molecule has 0 saturated heterocycles. The summed E-state index contributed by atoms with van der Waals surface area (Å²) in [6, 6.07) is 10.0. The monoisotopic (exact) mass is 270 g/mol. The van der Waals surface area contributed by atoms with Crippen molar-refractivity contribution in [3.63, 3.8) is 0 Å². The van der Waals surface area contributed by atoms with Crippen molar-refractivity contribution in [1.29, 1.82) is 0 Å². The highest BCUT2D eigenvalue weighted by atomic mass is 16.5. The number of rotatable bonds is 3. The number of carbonyl (C=O) groups excluding carboxylic acids is 1. The Morgan fingerprint density at radius 1 is 1.45 bits per heavy atom. The quantitative estimate of drug-likeness (QED) is 0.805. The lowest BCUT2D eigenvalue weighted by molar-refractivity contribution is 0.0349. The molecule has 104 valence electrons. The Morgan fingerprint density at radius 2 is 2.25 bits per heavy atom. The number of hydrogen-bond acceptors (Lipinski definition) is 3. The number of aryl methyl sites for hydroxylation is 2. The first-order chi connectivity index (χ1) is 9.65. The van der Waals surface area contributed by atoms with Crippen molar-refractivity contribution in [3.05, 3.63) is 52.8 Å². The summed E-state index contributed by atoms with van der Waals surface area (Å²) in [5.41, 5.74) is 3.94. The Bertz CT molecular complexity index is 646. The minimum absolute atomic E-state index is 0.0785.